The van der Waals surface area contributed by atoms with E-state index in [4.69, 9.17) is 9.47 Å². The zero-order valence-corrected chi connectivity index (χ0v) is 14.3. The summed E-state index contributed by atoms with van der Waals surface area (Å²) in [4.78, 5) is 0. The Morgan fingerprint density at radius 3 is 2.48 bits per heavy atom. The average Bonchev–Trinajstić information content (AvgIpc) is 2.97. The summed E-state index contributed by atoms with van der Waals surface area (Å²) in [5.74, 6) is 1.12. The van der Waals surface area contributed by atoms with Gasteiger partial charge in [-0.3, -0.25) is 0 Å². The van der Waals surface area contributed by atoms with Crippen molar-refractivity contribution in [2.45, 2.75) is 77.9 Å². The summed E-state index contributed by atoms with van der Waals surface area (Å²) in [5.41, 5.74) is 0.358. The van der Waals surface area contributed by atoms with Crippen molar-refractivity contribution in [3.8, 4) is 0 Å². The molecule has 1 aliphatic carbocycles. The van der Waals surface area contributed by atoms with Crippen molar-refractivity contribution in [1.82, 2.24) is 5.32 Å². The Hall–Kier alpha value is -0.540. The highest BCUT2D eigenvalue weighted by atomic mass is 16.5. The molecular weight excluding hydrogens is 262 g/mol. The molecule has 0 aromatic carbocycles. The molecule has 1 heterocycles. The van der Waals surface area contributed by atoms with Crippen molar-refractivity contribution < 1.29 is 9.47 Å². The average molecular weight is 295 g/mol. The third kappa shape index (κ3) is 4.01. The highest BCUT2D eigenvalue weighted by molar-refractivity contribution is 5.16. The molecule has 0 aromatic heterocycles. The van der Waals surface area contributed by atoms with Crippen molar-refractivity contribution in [2.75, 3.05) is 19.8 Å². The molecular formula is C18H33NO2. The van der Waals surface area contributed by atoms with E-state index in [1.54, 1.807) is 0 Å². The second-order valence-corrected chi connectivity index (χ2v) is 7.29. The van der Waals surface area contributed by atoms with Gasteiger partial charge in [0, 0.05) is 13.0 Å². The van der Waals surface area contributed by atoms with Gasteiger partial charge >= 0.3 is 0 Å². The van der Waals surface area contributed by atoms with Crippen LogP contribution in [0.2, 0.25) is 0 Å². The van der Waals surface area contributed by atoms with Crippen LogP contribution < -0.4 is 5.32 Å². The molecule has 1 aliphatic heterocycles. The van der Waals surface area contributed by atoms with Gasteiger partial charge in [-0.05, 0) is 57.1 Å². The first kappa shape index (κ1) is 16.8. The van der Waals surface area contributed by atoms with Crippen LogP contribution in [0.4, 0.5) is 0 Å². The molecule has 1 saturated carbocycles. The van der Waals surface area contributed by atoms with Gasteiger partial charge in [0.2, 0.25) is 0 Å². The monoisotopic (exact) mass is 295 g/mol. The van der Waals surface area contributed by atoms with E-state index in [1.165, 1.54) is 12.8 Å². The van der Waals surface area contributed by atoms with E-state index in [2.05, 4.69) is 39.1 Å². The van der Waals surface area contributed by atoms with Crippen LogP contribution in [-0.4, -0.2) is 31.4 Å². The molecule has 3 nitrogen and oxygen atoms in total. The fourth-order valence-corrected chi connectivity index (χ4v) is 3.63. The van der Waals surface area contributed by atoms with Crippen LogP contribution in [0, 0.1) is 5.41 Å². The Labute approximate surface area is 130 Å². The Bertz CT molecular complexity index is 352. The molecule has 0 spiro atoms. The van der Waals surface area contributed by atoms with Crippen LogP contribution in [0.5, 0.6) is 0 Å². The molecule has 2 rings (SSSR count). The summed E-state index contributed by atoms with van der Waals surface area (Å²) in [6, 6.07) is 0.219. The number of ether oxygens (including phenoxy) is 2. The molecule has 21 heavy (non-hydrogen) atoms. The van der Waals surface area contributed by atoms with Gasteiger partial charge in [-0.2, -0.15) is 0 Å². The summed E-state index contributed by atoms with van der Waals surface area (Å²) in [5, 5.41) is 3.72. The molecule has 2 aliphatic rings. The van der Waals surface area contributed by atoms with Gasteiger partial charge in [0.05, 0.1) is 18.2 Å². The smallest absolute Gasteiger partial charge is 0.112 e. The molecule has 0 saturated heterocycles. The van der Waals surface area contributed by atoms with Gasteiger partial charge in [0.1, 0.15) is 5.76 Å². The predicted molar refractivity (Wildman–Crippen MR) is 87.3 cm³/mol. The van der Waals surface area contributed by atoms with Crippen molar-refractivity contribution in [1.29, 1.82) is 0 Å². The Kier molecular flexibility index (Phi) is 5.73. The van der Waals surface area contributed by atoms with E-state index in [0.29, 0.717) is 5.41 Å². The topological polar surface area (TPSA) is 30.5 Å². The summed E-state index contributed by atoms with van der Waals surface area (Å²) in [6.45, 7) is 11.7. The maximum atomic E-state index is 6.35. The molecule has 1 N–H and O–H groups in total. The van der Waals surface area contributed by atoms with Crippen LogP contribution in [-0.2, 0) is 9.47 Å². The quantitative estimate of drug-likeness (QED) is 0.769. The van der Waals surface area contributed by atoms with Crippen molar-refractivity contribution in [3.63, 3.8) is 0 Å². The van der Waals surface area contributed by atoms with Gasteiger partial charge in [-0.15, -0.1) is 0 Å². The van der Waals surface area contributed by atoms with Crippen molar-refractivity contribution in [3.05, 3.63) is 11.8 Å². The number of nitrogens with one attached hydrogen (secondary N) is 1. The minimum Gasteiger partial charge on any atom is -0.496 e. The van der Waals surface area contributed by atoms with Gasteiger partial charge in [0.25, 0.3) is 0 Å². The predicted octanol–water partition coefficient (Wildman–Crippen LogP) is 4.03. The summed E-state index contributed by atoms with van der Waals surface area (Å²) in [7, 11) is 0. The van der Waals surface area contributed by atoms with E-state index in [0.717, 1.165) is 51.2 Å². The molecule has 0 aromatic rings. The van der Waals surface area contributed by atoms with E-state index in [9.17, 15) is 0 Å². The lowest BCUT2D eigenvalue weighted by Gasteiger charge is -2.47. The minimum absolute atomic E-state index is 0.0877. The molecule has 3 heteroatoms. The van der Waals surface area contributed by atoms with Crippen LogP contribution in [0.15, 0.2) is 11.8 Å². The molecule has 0 amide bonds. The van der Waals surface area contributed by atoms with Gasteiger partial charge in [0.15, 0.2) is 0 Å². The van der Waals surface area contributed by atoms with Crippen LogP contribution in [0.25, 0.3) is 0 Å². The first-order chi connectivity index (χ1) is 10.0. The van der Waals surface area contributed by atoms with E-state index in [1.807, 2.05) is 0 Å². The lowest BCUT2D eigenvalue weighted by atomic mass is 9.68. The minimum atomic E-state index is -0.0877. The van der Waals surface area contributed by atoms with Gasteiger partial charge in [-0.25, -0.2) is 0 Å². The number of rotatable bonds is 7. The van der Waals surface area contributed by atoms with Gasteiger partial charge < -0.3 is 14.8 Å². The van der Waals surface area contributed by atoms with Crippen LogP contribution >= 0.6 is 0 Å². The van der Waals surface area contributed by atoms with E-state index < -0.39 is 0 Å². The first-order valence-corrected chi connectivity index (χ1v) is 8.73. The highest BCUT2D eigenvalue weighted by Crippen LogP contribution is 2.45. The standard InChI is InChI=1S/C18H33NO2/c1-5-13-19-16(15-8-7-14-20-15)18(21-6-2)11-9-17(3,4)10-12-18/h8,16,19H,5-7,9-14H2,1-4H3. The lowest BCUT2D eigenvalue weighted by Crippen LogP contribution is -2.56. The first-order valence-electron chi connectivity index (χ1n) is 8.73. The zero-order chi connectivity index (χ0) is 15.3. The molecule has 0 radical (unpaired) electrons. The van der Waals surface area contributed by atoms with Crippen molar-refractivity contribution >= 4 is 0 Å². The summed E-state index contributed by atoms with van der Waals surface area (Å²) >= 11 is 0. The van der Waals surface area contributed by atoms with E-state index >= 15 is 0 Å². The van der Waals surface area contributed by atoms with Crippen LogP contribution in [0.1, 0.15) is 66.2 Å². The third-order valence-corrected chi connectivity index (χ3v) is 5.02. The Balaban J connectivity index is 2.19. The Morgan fingerprint density at radius 2 is 1.95 bits per heavy atom. The van der Waals surface area contributed by atoms with E-state index in [-0.39, 0.29) is 11.6 Å². The lowest BCUT2D eigenvalue weighted by molar-refractivity contribution is -0.106. The summed E-state index contributed by atoms with van der Waals surface area (Å²) in [6.07, 6.45) is 9.12. The van der Waals surface area contributed by atoms with Gasteiger partial charge in [-0.1, -0.05) is 20.8 Å². The molecule has 1 atom stereocenters. The fraction of sp³-hybridized carbons (Fsp3) is 0.889. The fourth-order valence-electron chi connectivity index (χ4n) is 3.63. The largest absolute Gasteiger partial charge is 0.496 e. The normalized spacial score (nSPS) is 25.2. The van der Waals surface area contributed by atoms with Crippen molar-refractivity contribution in [2.24, 2.45) is 5.41 Å². The SMILES string of the molecule is CCCNC(C1=CCCO1)C1(OCC)CCC(C)(C)CC1. The van der Waals surface area contributed by atoms with Crippen LogP contribution in [0.3, 0.4) is 0 Å². The molecule has 1 unspecified atom stereocenters. The maximum Gasteiger partial charge on any atom is 0.112 e. The zero-order valence-electron chi connectivity index (χ0n) is 14.3. The second-order valence-electron chi connectivity index (χ2n) is 7.29. The Morgan fingerprint density at radius 1 is 1.24 bits per heavy atom. The third-order valence-electron chi connectivity index (χ3n) is 5.02. The highest BCUT2D eigenvalue weighted by Gasteiger charge is 2.47. The molecule has 1 fully saturated rings. The number of hydrogen-bond acceptors (Lipinski definition) is 3. The molecule has 0 bridgehead atoms. The summed E-state index contributed by atoms with van der Waals surface area (Å²) < 4.78 is 12.3. The second kappa shape index (κ2) is 7.15. The maximum absolute atomic E-state index is 6.35. The number of hydrogen-bond donors (Lipinski definition) is 1. The molecule has 122 valence electrons.